The van der Waals surface area contributed by atoms with Gasteiger partial charge in [0.15, 0.2) is 0 Å². The van der Waals surface area contributed by atoms with Crippen molar-refractivity contribution < 1.29 is 13.5 Å². The fraction of sp³-hybridized carbons (Fsp3) is 0.615. The SMILES string of the molecule is CCNc1ccc(S(=O)(=O)N2CCC(CCO)C2)cn1. The molecule has 1 unspecified atom stereocenters. The Morgan fingerprint density at radius 3 is 2.90 bits per heavy atom. The second-order valence-electron chi connectivity index (χ2n) is 4.94. The van der Waals surface area contributed by atoms with Crippen molar-refractivity contribution in [1.29, 1.82) is 0 Å². The monoisotopic (exact) mass is 299 g/mol. The number of aliphatic hydroxyl groups is 1. The van der Waals surface area contributed by atoms with Gasteiger partial charge in [-0.15, -0.1) is 0 Å². The van der Waals surface area contributed by atoms with Crippen molar-refractivity contribution in [3.05, 3.63) is 18.3 Å². The van der Waals surface area contributed by atoms with E-state index in [1.54, 1.807) is 12.1 Å². The molecule has 1 saturated heterocycles. The van der Waals surface area contributed by atoms with Gasteiger partial charge < -0.3 is 10.4 Å². The van der Waals surface area contributed by atoms with Crippen molar-refractivity contribution in [2.45, 2.75) is 24.7 Å². The average molecular weight is 299 g/mol. The number of hydrogen-bond acceptors (Lipinski definition) is 5. The summed E-state index contributed by atoms with van der Waals surface area (Å²) in [4.78, 5) is 4.33. The van der Waals surface area contributed by atoms with Crippen LogP contribution < -0.4 is 5.32 Å². The lowest BCUT2D eigenvalue weighted by Crippen LogP contribution is -2.29. The molecule has 0 bridgehead atoms. The van der Waals surface area contributed by atoms with Crippen molar-refractivity contribution in [3.63, 3.8) is 0 Å². The Kier molecular flexibility index (Phi) is 4.95. The molecule has 20 heavy (non-hydrogen) atoms. The van der Waals surface area contributed by atoms with E-state index in [-0.39, 0.29) is 17.4 Å². The normalized spacial score (nSPS) is 20.2. The van der Waals surface area contributed by atoms with Crippen LogP contribution in [0.4, 0.5) is 5.82 Å². The third kappa shape index (κ3) is 3.28. The summed E-state index contributed by atoms with van der Waals surface area (Å²) in [7, 11) is -3.46. The molecule has 1 aromatic heterocycles. The zero-order valence-corrected chi connectivity index (χ0v) is 12.4. The maximum atomic E-state index is 12.5. The Hall–Kier alpha value is -1.18. The van der Waals surface area contributed by atoms with Crippen LogP contribution in [0.1, 0.15) is 19.8 Å². The summed E-state index contributed by atoms with van der Waals surface area (Å²) in [5.41, 5.74) is 0. The molecular formula is C13H21N3O3S. The van der Waals surface area contributed by atoms with Crippen LogP contribution in [0.3, 0.4) is 0 Å². The lowest BCUT2D eigenvalue weighted by atomic mass is 10.1. The van der Waals surface area contributed by atoms with Crippen LogP contribution in [0.2, 0.25) is 0 Å². The second-order valence-corrected chi connectivity index (χ2v) is 6.88. The molecule has 2 rings (SSSR count). The zero-order valence-electron chi connectivity index (χ0n) is 11.6. The second kappa shape index (κ2) is 6.51. The summed E-state index contributed by atoms with van der Waals surface area (Å²) < 4.78 is 26.4. The molecule has 0 aromatic carbocycles. The molecule has 0 radical (unpaired) electrons. The number of nitrogens with one attached hydrogen (secondary N) is 1. The minimum Gasteiger partial charge on any atom is -0.396 e. The number of pyridine rings is 1. The van der Waals surface area contributed by atoms with Crippen LogP contribution in [0.25, 0.3) is 0 Å². The molecule has 1 atom stereocenters. The molecule has 0 spiro atoms. The van der Waals surface area contributed by atoms with Gasteiger partial charge in [0, 0.05) is 32.4 Å². The molecule has 0 amide bonds. The number of aliphatic hydroxyl groups excluding tert-OH is 1. The summed E-state index contributed by atoms with van der Waals surface area (Å²) in [6, 6.07) is 3.26. The maximum absolute atomic E-state index is 12.5. The van der Waals surface area contributed by atoms with Crippen molar-refractivity contribution in [2.24, 2.45) is 5.92 Å². The van der Waals surface area contributed by atoms with Crippen LogP contribution in [0, 0.1) is 5.92 Å². The lowest BCUT2D eigenvalue weighted by Gasteiger charge is -2.16. The number of sulfonamides is 1. The Morgan fingerprint density at radius 1 is 1.50 bits per heavy atom. The van der Waals surface area contributed by atoms with Crippen molar-refractivity contribution in [3.8, 4) is 0 Å². The van der Waals surface area contributed by atoms with Gasteiger partial charge in [0.05, 0.1) is 0 Å². The van der Waals surface area contributed by atoms with Crippen molar-refractivity contribution >= 4 is 15.8 Å². The standard InChI is InChI=1S/C13H21N3O3S/c1-2-14-13-4-3-12(9-15-13)20(18,19)16-7-5-11(10-16)6-8-17/h3-4,9,11,17H,2,5-8,10H2,1H3,(H,14,15). The predicted octanol–water partition coefficient (Wildman–Crippen LogP) is 0.906. The van der Waals surface area contributed by atoms with E-state index in [1.165, 1.54) is 10.5 Å². The summed E-state index contributed by atoms with van der Waals surface area (Å²) in [6.45, 7) is 3.81. The topological polar surface area (TPSA) is 82.5 Å². The van der Waals surface area contributed by atoms with Gasteiger partial charge in [-0.2, -0.15) is 4.31 Å². The molecule has 1 fully saturated rings. The van der Waals surface area contributed by atoms with Gasteiger partial charge in [-0.1, -0.05) is 0 Å². The summed E-state index contributed by atoms with van der Waals surface area (Å²) in [6.07, 6.45) is 2.86. The third-order valence-corrected chi connectivity index (χ3v) is 5.37. The van der Waals surface area contributed by atoms with Gasteiger partial charge in [-0.25, -0.2) is 13.4 Å². The van der Waals surface area contributed by atoms with Crippen LogP contribution >= 0.6 is 0 Å². The number of nitrogens with zero attached hydrogens (tertiary/aromatic N) is 2. The van der Waals surface area contributed by atoms with Gasteiger partial charge in [-0.3, -0.25) is 0 Å². The van der Waals surface area contributed by atoms with Crippen molar-refractivity contribution in [2.75, 3.05) is 31.6 Å². The van der Waals surface area contributed by atoms with E-state index >= 15 is 0 Å². The molecule has 1 aliphatic rings. The highest BCUT2D eigenvalue weighted by atomic mass is 32.2. The van der Waals surface area contributed by atoms with Crippen LogP contribution in [0.5, 0.6) is 0 Å². The number of hydrogen-bond donors (Lipinski definition) is 2. The van der Waals surface area contributed by atoms with E-state index in [0.29, 0.717) is 25.3 Å². The van der Waals surface area contributed by atoms with Gasteiger partial charge >= 0.3 is 0 Å². The number of rotatable bonds is 6. The first-order chi connectivity index (χ1) is 9.57. The fourth-order valence-electron chi connectivity index (χ4n) is 2.40. The summed E-state index contributed by atoms with van der Waals surface area (Å²) in [5.74, 6) is 0.926. The maximum Gasteiger partial charge on any atom is 0.244 e. The van der Waals surface area contributed by atoms with Gasteiger partial charge in [0.2, 0.25) is 10.0 Å². The Labute approximate surface area is 119 Å². The molecule has 1 aromatic rings. The molecule has 6 nitrogen and oxygen atoms in total. The van der Waals surface area contributed by atoms with Crippen LogP contribution in [-0.2, 0) is 10.0 Å². The molecule has 7 heteroatoms. The molecule has 0 aliphatic carbocycles. The van der Waals surface area contributed by atoms with Gasteiger partial charge in [0.1, 0.15) is 10.7 Å². The van der Waals surface area contributed by atoms with E-state index in [1.807, 2.05) is 6.92 Å². The van der Waals surface area contributed by atoms with Crippen molar-refractivity contribution in [1.82, 2.24) is 9.29 Å². The first kappa shape index (κ1) is 15.2. The van der Waals surface area contributed by atoms with E-state index in [2.05, 4.69) is 10.3 Å². The minimum atomic E-state index is -3.46. The highest BCUT2D eigenvalue weighted by molar-refractivity contribution is 7.89. The van der Waals surface area contributed by atoms with Gasteiger partial charge in [-0.05, 0) is 37.8 Å². The fourth-order valence-corrected chi connectivity index (χ4v) is 3.88. The van der Waals surface area contributed by atoms with E-state index in [4.69, 9.17) is 5.11 Å². The quantitative estimate of drug-likeness (QED) is 0.816. The minimum absolute atomic E-state index is 0.109. The highest BCUT2D eigenvalue weighted by Gasteiger charge is 2.32. The molecule has 0 saturated carbocycles. The molecule has 112 valence electrons. The summed E-state index contributed by atoms with van der Waals surface area (Å²) >= 11 is 0. The molecule has 2 N–H and O–H groups in total. The average Bonchev–Trinajstić information content (AvgIpc) is 2.90. The van der Waals surface area contributed by atoms with Crippen LogP contribution in [-0.4, -0.2) is 49.1 Å². The number of anilines is 1. The Balaban J connectivity index is 2.10. The smallest absolute Gasteiger partial charge is 0.244 e. The van der Waals surface area contributed by atoms with E-state index in [0.717, 1.165) is 13.0 Å². The predicted molar refractivity (Wildman–Crippen MR) is 77.0 cm³/mol. The van der Waals surface area contributed by atoms with Crippen LogP contribution in [0.15, 0.2) is 23.2 Å². The van der Waals surface area contributed by atoms with E-state index in [9.17, 15) is 8.42 Å². The first-order valence-corrected chi connectivity index (χ1v) is 8.33. The lowest BCUT2D eigenvalue weighted by molar-refractivity contribution is 0.259. The molecule has 1 aliphatic heterocycles. The Morgan fingerprint density at radius 2 is 2.30 bits per heavy atom. The molecular weight excluding hydrogens is 278 g/mol. The first-order valence-electron chi connectivity index (χ1n) is 6.89. The Bertz CT molecular complexity index is 530. The zero-order chi connectivity index (χ0) is 14.6. The number of aromatic nitrogens is 1. The highest BCUT2D eigenvalue weighted by Crippen LogP contribution is 2.25. The molecule has 2 heterocycles. The van der Waals surface area contributed by atoms with E-state index < -0.39 is 10.0 Å². The largest absolute Gasteiger partial charge is 0.396 e. The summed E-state index contributed by atoms with van der Waals surface area (Å²) in [5, 5.41) is 12.0. The van der Waals surface area contributed by atoms with Gasteiger partial charge in [0.25, 0.3) is 0 Å². The third-order valence-electron chi connectivity index (χ3n) is 3.52.